The van der Waals surface area contributed by atoms with Gasteiger partial charge in [0.2, 0.25) is 5.91 Å². The van der Waals surface area contributed by atoms with Crippen molar-refractivity contribution in [1.29, 1.82) is 0 Å². The summed E-state index contributed by atoms with van der Waals surface area (Å²) in [7, 11) is 1.94. The summed E-state index contributed by atoms with van der Waals surface area (Å²) < 4.78 is 7.34. The number of unbranched alkanes of at least 4 members (excludes halogenated alkanes) is 1. The summed E-state index contributed by atoms with van der Waals surface area (Å²) in [6, 6.07) is 7.35. The molecule has 2 rings (SSSR count). The molecule has 0 unspecified atom stereocenters. The maximum absolute atomic E-state index is 12.1. The lowest BCUT2D eigenvalue weighted by Crippen LogP contribution is -2.14. The Labute approximate surface area is 147 Å². The van der Waals surface area contributed by atoms with Crippen molar-refractivity contribution < 1.29 is 9.53 Å². The third-order valence-corrected chi connectivity index (χ3v) is 4.48. The average Bonchev–Trinajstić information content (AvgIpc) is 2.93. The molecule has 0 fully saturated rings. The lowest BCUT2D eigenvalue weighted by molar-refractivity contribution is -0.113. The van der Waals surface area contributed by atoms with Crippen LogP contribution in [-0.2, 0) is 18.3 Å². The second kappa shape index (κ2) is 9.32. The molecular weight excluding hydrogens is 324 g/mol. The smallest absolute Gasteiger partial charge is 0.234 e. The summed E-state index contributed by atoms with van der Waals surface area (Å²) in [4.78, 5) is 12.1. The van der Waals surface area contributed by atoms with E-state index in [0.29, 0.717) is 12.4 Å². The van der Waals surface area contributed by atoms with Crippen molar-refractivity contribution in [2.24, 2.45) is 7.05 Å². The number of hydrogen-bond acceptors (Lipinski definition) is 5. The SMILES string of the molecule is CCCCc1nnc(SCC(=O)Nc2ccc(OCC)cc2)n1C. The van der Waals surface area contributed by atoms with E-state index in [-0.39, 0.29) is 5.91 Å². The van der Waals surface area contributed by atoms with Crippen LogP contribution in [0.1, 0.15) is 32.5 Å². The molecule has 0 bridgehead atoms. The molecule has 1 heterocycles. The number of thioether (sulfide) groups is 1. The highest BCUT2D eigenvalue weighted by Gasteiger charge is 2.11. The standard InChI is InChI=1S/C17H24N4O2S/c1-4-6-7-15-19-20-17(21(15)3)24-12-16(22)18-13-8-10-14(11-9-13)23-5-2/h8-11H,4-7,12H2,1-3H3,(H,18,22). The number of aromatic nitrogens is 3. The van der Waals surface area contributed by atoms with E-state index < -0.39 is 0 Å². The van der Waals surface area contributed by atoms with Gasteiger partial charge in [-0.15, -0.1) is 10.2 Å². The number of aryl methyl sites for hydroxylation is 1. The van der Waals surface area contributed by atoms with Crippen LogP contribution in [0.25, 0.3) is 0 Å². The maximum Gasteiger partial charge on any atom is 0.234 e. The van der Waals surface area contributed by atoms with Gasteiger partial charge in [0.25, 0.3) is 0 Å². The minimum atomic E-state index is -0.0673. The van der Waals surface area contributed by atoms with Gasteiger partial charge in [-0.2, -0.15) is 0 Å². The number of carbonyl (C=O) groups excluding carboxylic acids is 1. The van der Waals surface area contributed by atoms with E-state index in [0.717, 1.165) is 41.7 Å². The zero-order valence-corrected chi connectivity index (χ0v) is 15.2. The zero-order valence-electron chi connectivity index (χ0n) is 14.4. The molecular formula is C17H24N4O2S. The van der Waals surface area contributed by atoms with Gasteiger partial charge >= 0.3 is 0 Å². The predicted molar refractivity (Wildman–Crippen MR) is 96.6 cm³/mol. The normalized spacial score (nSPS) is 10.6. The van der Waals surface area contributed by atoms with Crippen molar-refractivity contribution in [3.63, 3.8) is 0 Å². The Morgan fingerprint density at radius 3 is 2.67 bits per heavy atom. The molecule has 1 amide bonds. The van der Waals surface area contributed by atoms with Crippen molar-refractivity contribution in [3.05, 3.63) is 30.1 Å². The van der Waals surface area contributed by atoms with Crippen LogP contribution in [-0.4, -0.2) is 33.0 Å². The Morgan fingerprint density at radius 1 is 1.25 bits per heavy atom. The molecule has 7 heteroatoms. The second-order valence-electron chi connectivity index (χ2n) is 5.36. The van der Waals surface area contributed by atoms with Crippen LogP contribution in [0.4, 0.5) is 5.69 Å². The Balaban J connectivity index is 1.83. The molecule has 0 spiro atoms. The molecule has 0 saturated carbocycles. The fourth-order valence-electron chi connectivity index (χ4n) is 2.15. The van der Waals surface area contributed by atoms with Crippen molar-refractivity contribution in [2.75, 3.05) is 17.7 Å². The first kappa shape index (κ1) is 18.3. The van der Waals surface area contributed by atoms with Gasteiger partial charge in [0.05, 0.1) is 12.4 Å². The van der Waals surface area contributed by atoms with E-state index >= 15 is 0 Å². The van der Waals surface area contributed by atoms with Crippen molar-refractivity contribution in [3.8, 4) is 5.75 Å². The van der Waals surface area contributed by atoms with Crippen LogP contribution >= 0.6 is 11.8 Å². The second-order valence-corrected chi connectivity index (χ2v) is 6.30. The molecule has 0 atom stereocenters. The number of benzene rings is 1. The van der Waals surface area contributed by atoms with Gasteiger partial charge in [-0.1, -0.05) is 25.1 Å². The van der Waals surface area contributed by atoms with Crippen molar-refractivity contribution in [1.82, 2.24) is 14.8 Å². The van der Waals surface area contributed by atoms with Gasteiger partial charge in [0.1, 0.15) is 11.6 Å². The van der Waals surface area contributed by atoms with E-state index in [1.165, 1.54) is 11.8 Å². The first-order valence-electron chi connectivity index (χ1n) is 8.17. The Morgan fingerprint density at radius 2 is 2.00 bits per heavy atom. The highest BCUT2D eigenvalue weighted by molar-refractivity contribution is 7.99. The minimum Gasteiger partial charge on any atom is -0.494 e. The number of rotatable bonds is 9. The van der Waals surface area contributed by atoms with Gasteiger partial charge in [-0.3, -0.25) is 4.79 Å². The topological polar surface area (TPSA) is 69.0 Å². The number of ether oxygens (including phenoxy) is 1. The molecule has 2 aromatic rings. The molecule has 130 valence electrons. The molecule has 1 aromatic heterocycles. The quantitative estimate of drug-likeness (QED) is 0.704. The number of nitrogens with one attached hydrogen (secondary N) is 1. The summed E-state index contributed by atoms with van der Waals surface area (Å²) in [5.41, 5.74) is 0.755. The molecule has 1 N–H and O–H groups in total. The zero-order chi connectivity index (χ0) is 17.4. The Kier molecular flexibility index (Phi) is 7.11. The third-order valence-electron chi connectivity index (χ3n) is 3.46. The first-order valence-corrected chi connectivity index (χ1v) is 9.16. The number of anilines is 1. The van der Waals surface area contributed by atoms with Crippen LogP contribution in [0, 0.1) is 0 Å². The molecule has 6 nitrogen and oxygen atoms in total. The highest BCUT2D eigenvalue weighted by atomic mass is 32.2. The lowest BCUT2D eigenvalue weighted by Gasteiger charge is -2.07. The van der Waals surface area contributed by atoms with Gasteiger partial charge in [-0.05, 0) is 37.6 Å². The highest BCUT2D eigenvalue weighted by Crippen LogP contribution is 2.18. The number of hydrogen-bond donors (Lipinski definition) is 1. The fourth-order valence-corrected chi connectivity index (χ4v) is 2.88. The van der Waals surface area contributed by atoms with Crippen LogP contribution in [0.2, 0.25) is 0 Å². The summed E-state index contributed by atoms with van der Waals surface area (Å²) >= 11 is 1.39. The third kappa shape index (κ3) is 5.26. The van der Waals surface area contributed by atoms with E-state index in [9.17, 15) is 4.79 Å². The van der Waals surface area contributed by atoms with Crippen LogP contribution in [0.3, 0.4) is 0 Å². The van der Waals surface area contributed by atoms with Crippen molar-refractivity contribution in [2.45, 2.75) is 38.3 Å². The number of amides is 1. The largest absolute Gasteiger partial charge is 0.494 e. The predicted octanol–water partition coefficient (Wildman–Crippen LogP) is 3.29. The van der Waals surface area contributed by atoms with Crippen LogP contribution < -0.4 is 10.1 Å². The molecule has 0 aliphatic heterocycles. The molecule has 0 aliphatic carbocycles. The number of carbonyl (C=O) groups is 1. The first-order chi connectivity index (χ1) is 11.6. The fraction of sp³-hybridized carbons (Fsp3) is 0.471. The van der Waals surface area contributed by atoms with Gasteiger partial charge in [-0.25, -0.2) is 0 Å². The summed E-state index contributed by atoms with van der Waals surface area (Å²) in [6.07, 6.45) is 3.13. The molecule has 0 saturated heterocycles. The summed E-state index contributed by atoms with van der Waals surface area (Å²) in [6.45, 7) is 4.71. The van der Waals surface area contributed by atoms with E-state index in [1.807, 2.05) is 42.8 Å². The number of nitrogens with zero attached hydrogens (tertiary/aromatic N) is 3. The molecule has 1 aromatic carbocycles. The van der Waals surface area contributed by atoms with Crippen LogP contribution in [0.15, 0.2) is 29.4 Å². The Bertz CT molecular complexity index is 655. The molecule has 0 aliphatic rings. The van der Waals surface area contributed by atoms with Crippen molar-refractivity contribution >= 4 is 23.4 Å². The Hall–Kier alpha value is -2.02. The molecule has 0 radical (unpaired) electrons. The van der Waals surface area contributed by atoms with E-state index in [2.05, 4.69) is 22.4 Å². The molecule has 24 heavy (non-hydrogen) atoms. The monoisotopic (exact) mass is 348 g/mol. The van der Waals surface area contributed by atoms with Gasteiger partial charge < -0.3 is 14.6 Å². The van der Waals surface area contributed by atoms with Gasteiger partial charge in [0, 0.05) is 19.2 Å². The van der Waals surface area contributed by atoms with E-state index in [4.69, 9.17) is 4.74 Å². The summed E-state index contributed by atoms with van der Waals surface area (Å²) in [5.74, 6) is 1.99. The van der Waals surface area contributed by atoms with E-state index in [1.54, 1.807) is 0 Å². The summed E-state index contributed by atoms with van der Waals surface area (Å²) in [5, 5.41) is 12.0. The minimum absolute atomic E-state index is 0.0673. The van der Waals surface area contributed by atoms with Gasteiger partial charge in [0.15, 0.2) is 5.16 Å². The average molecular weight is 348 g/mol. The van der Waals surface area contributed by atoms with Crippen LogP contribution in [0.5, 0.6) is 5.75 Å². The lowest BCUT2D eigenvalue weighted by atomic mass is 10.2. The maximum atomic E-state index is 12.1.